The second-order valence-corrected chi connectivity index (χ2v) is 7.46. The molecule has 0 spiro atoms. The van der Waals surface area contributed by atoms with Crippen LogP contribution in [-0.4, -0.2) is 27.2 Å². The van der Waals surface area contributed by atoms with Gasteiger partial charge >= 0.3 is 0 Å². The molecule has 0 saturated heterocycles. The number of ether oxygens (including phenoxy) is 1. The number of fused-ring (bicyclic) bond motifs is 1. The molecule has 0 aliphatic carbocycles. The highest BCUT2D eigenvalue weighted by molar-refractivity contribution is 7.18. The van der Waals surface area contributed by atoms with E-state index >= 15 is 0 Å². The molecule has 4 rings (SSSR count). The Balaban J connectivity index is 1.82. The monoisotopic (exact) mass is 402 g/mol. The lowest BCUT2D eigenvalue weighted by molar-refractivity contribution is 0.213. The van der Waals surface area contributed by atoms with E-state index in [9.17, 15) is 5.11 Å². The van der Waals surface area contributed by atoms with Crippen molar-refractivity contribution in [3.63, 3.8) is 0 Å². The van der Waals surface area contributed by atoms with E-state index in [0.29, 0.717) is 22.8 Å². The average molecular weight is 402 g/mol. The Bertz CT molecular complexity index is 1230. The summed E-state index contributed by atoms with van der Waals surface area (Å²) in [5.74, 6) is 1.11. The molecule has 1 aromatic carbocycles. The van der Waals surface area contributed by atoms with Crippen LogP contribution in [0.5, 0.6) is 5.75 Å². The molecule has 3 heterocycles. The first-order valence-corrected chi connectivity index (χ1v) is 9.94. The first-order valence-electron chi connectivity index (χ1n) is 9.12. The molecular weight excluding hydrogens is 384 g/mol. The Kier molecular flexibility index (Phi) is 5.21. The van der Waals surface area contributed by atoms with E-state index in [-0.39, 0.29) is 0 Å². The predicted octanol–water partition coefficient (Wildman–Crippen LogP) is 4.28. The molecule has 1 atom stereocenters. The van der Waals surface area contributed by atoms with Crippen molar-refractivity contribution in [1.82, 2.24) is 15.0 Å². The van der Waals surface area contributed by atoms with Crippen LogP contribution < -0.4 is 4.74 Å². The first kappa shape index (κ1) is 19.0. The maximum atomic E-state index is 10.9. The van der Waals surface area contributed by atoms with Crippen molar-refractivity contribution in [3.8, 4) is 23.2 Å². The van der Waals surface area contributed by atoms with Crippen molar-refractivity contribution in [2.75, 3.05) is 7.11 Å². The largest absolute Gasteiger partial charge is 0.495 e. The van der Waals surface area contributed by atoms with E-state index in [1.807, 2.05) is 25.1 Å². The summed E-state index contributed by atoms with van der Waals surface area (Å²) in [5.41, 5.74) is 2.72. The SMILES string of the molecule is CCc1nc(-c2cccc(C#N)c2)nc2sc(C(O)c3ncccc3OC)cc12. The minimum absolute atomic E-state index is 0.467. The molecule has 0 aliphatic heterocycles. The molecule has 1 N–H and O–H groups in total. The van der Waals surface area contributed by atoms with Crippen molar-refractivity contribution in [1.29, 1.82) is 5.26 Å². The Labute approximate surface area is 172 Å². The summed E-state index contributed by atoms with van der Waals surface area (Å²) in [6, 6.07) is 14.9. The highest BCUT2D eigenvalue weighted by Crippen LogP contribution is 2.36. The summed E-state index contributed by atoms with van der Waals surface area (Å²) in [6.07, 6.45) is 1.44. The molecule has 0 saturated carbocycles. The number of methoxy groups -OCH3 is 1. The van der Waals surface area contributed by atoms with Crippen LogP contribution in [0.25, 0.3) is 21.6 Å². The number of aromatic nitrogens is 3. The molecule has 6 nitrogen and oxygen atoms in total. The minimum atomic E-state index is -0.916. The molecule has 0 bridgehead atoms. The topological polar surface area (TPSA) is 91.9 Å². The maximum absolute atomic E-state index is 10.9. The summed E-state index contributed by atoms with van der Waals surface area (Å²) in [7, 11) is 1.56. The van der Waals surface area contributed by atoms with Crippen molar-refractivity contribution < 1.29 is 9.84 Å². The van der Waals surface area contributed by atoms with E-state index in [2.05, 4.69) is 11.1 Å². The van der Waals surface area contributed by atoms with E-state index in [1.54, 1.807) is 37.6 Å². The highest BCUT2D eigenvalue weighted by Gasteiger charge is 2.21. The van der Waals surface area contributed by atoms with Gasteiger partial charge in [0, 0.05) is 22.0 Å². The van der Waals surface area contributed by atoms with Crippen LogP contribution in [-0.2, 0) is 6.42 Å². The number of pyridine rings is 1. The third kappa shape index (κ3) is 3.56. The lowest BCUT2D eigenvalue weighted by atomic mass is 10.1. The van der Waals surface area contributed by atoms with Crippen LogP contribution >= 0.6 is 11.3 Å². The number of hydrogen-bond acceptors (Lipinski definition) is 7. The molecule has 4 aromatic rings. The fourth-order valence-corrected chi connectivity index (χ4v) is 4.22. The van der Waals surface area contributed by atoms with Gasteiger partial charge in [-0.1, -0.05) is 19.1 Å². The second-order valence-electron chi connectivity index (χ2n) is 6.40. The van der Waals surface area contributed by atoms with Gasteiger partial charge in [-0.15, -0.1) is 11.3 Å². The molecule has 7 heteroatoms. The summed E-state index contributed by atoms with van der Waals surface area (Å²) >= 11 is 1.41. The fourth-order valence-electron chi connectivity index (χ4n) is 3.18. The average Bonchev–Trinajstić information content (AvgIpc) is 3.22. The summed E-state index contributed by atoms with van der Waals surface area (Å²) in [5, 5.41) is 21.0. The normalized spacial score (nSPS) is 11.9. The zero-order chi connectivity index (χ0) is 20.4. The number of hydrogen-bond donors (Lipinski definition) is 1. The third-order valence-electron chi connectivity index (χ3n) is 4.62. The number of aliphatic hydroxyl groups is 1. The first-order chi connectivity index (χ1) is 14.1. The van der Waals surface area contributed by atoms with Crippen molar-refractivity contribution in [2.45, 2.75) is 19.4 Å². The summed E-state index contributed by atoms with van der Waals surface area (Å²) in [4.78, 5) is 15.2. The lowest BCUT2D eigenvalue weighted by Gasteiger charge is -2.11. The standard InChI is InChI=1S/C22H18N4O2S/c1-3-16-15-11-18(20(27)19-17(28-2)8-5-9-24-19)29-22(15)26-21(25-16)14-7-4-6-13(10-14)12-23/h4-11,20,27H,3H2,1-2H3. The molecular formula is C22H18N4O2S. The predicted molar refractivity (Wildman–Crippen MR) is 112 cm³/mol. The minimum Gasteiger partial charge on any atom is -0.495 e. The molecule has 144 valence electrons. The van der Waals surface area contributed by atoms with Gasteiger partial charge in [0.1, 0.15) is 22.4 Å². The van der Waals surface area contributed by atoms with Crippen molar-refractivity contribution >= 4 is 21.6 Å². The van der Waals surface area contributed by atoms with Gasteiger partial charge in [0.05, 0.1) is 24.4 Å². The number of rotatable bonds is 5. The van der Waals surface area contributed by atoms with Gasteiger partial charge in [0.25, 0.3) is 0 Å². The zero-order valence-electron chi connectivity index (χ0n) is 16.0. The number of aryl methyl sites for hydroxylation is 1. The fraction of sp³-hybridized carbons (Fsp3) is 0.182. The van der Waals surface area contributed by atoms with Crippen LogP contribution in [0.4, 0.5) is 0 Å². The van der Waals surface area contributed by atoms with Gasteiger partial charge in [-0.3, -0.25) is 4.98 Å². The van der Waals surface area contributed by atoms with E-state index in [1.165, 1.54) is 11.3 Å². The number of aliphatic hydroxyl groups excluding tert-OH is 1. The molecule has 3 aromatic heterocycles. The number of nitriles is 1. The molecule has 0 fully saturated rings. The van der Waals surface area contributed by atoms with E-state index in [0.717, 1.165) is 32.8 Å². The van der Waals surface area contributed by atoms with Gasteiger partial charge in [0.15, 0.2) is 5.82 Å². The second kappa shape index (κ2) is 7.95. The van der Waals surface area contributed by atoms with Crippen LogP contribution in [0.1, 0.15) is 34.9 Å². The molecule has 29 heavy (non-hydrogen) atoms. The van der Waals surface area contributed by atoms with Gasteiger partial charge in [-0.2, -0.15) is 5.26 Å². The summed E-state index contributed by atoms with van der Waals surface area (Å²) < 4.78 is 5.33. The Morgan fingerprint density at radius 1 is 1.21 bits per heavy atom. The van der Waals surface area contributed by atoms with Gasteiger partial charge in [-0.05, 0) is 36.8 Å². The van der Waals surface area contributed by atoms with Crippen molar-refractivity contribution in [2.24, 2.45) is 0 Å². The van der Waals surface area contributed by atoms with Gasteiger partial charge < -0.3 is 9.84 Å². The lowest BCUT2D eigenvalue weighted by Crippen LogP contribution is -2.03. The molecule has 0 amide bonds. The van der Waals surface area contributed by atoms with Gasteiger partial charge in [-0.25, -0.2) is 9.97 Å². The Morgan fingerprint density at radius 2 is 2.07 bits per heavy atom. The molecule has 0 radical (unpaired) electrons. The maximum Gasteiger partial charge on any atom is 0.161 e. The van der Waals surface area contributed by atoms with Gasteiger partial charge in [0.2, 0.25) is 0 Å². The number of benzene rings is 1. The zero-order valence-corrected chi connectivity index (χ0v) is 16.8. The summed E-state index contributed by atoms with van der Waals surface area (Å²) in [6.45, 7) is 2.03. The van der Waals surface area contributed by atoms with Crippen LogP contribution in [0.2, 0.25) is 0 Å². The van der Waals surface area contributed by atoms with Crippen LogP contribution in [0.3, 0.4) is 0 Å². The quantitative estimate of drug-likeness (QED) is 0.536. The highest BCUT2D eigenvalue weighted by atomic mass is 32.1. The third-order valence-corrected chi connectivity index (χ3v) is 5.71. The molecule has 1 unspecified atom stereocenters. The van der Waals surface area contributed by atoms with E-state index < -0.39 is 6.10 Å². The van der Waals surface area contributed by atoms with Crippen LogP contribution in [0.15, 0.2) is 48.7 Å². The number of thiophene rings is 1. The molecule has 0 aliphatic rings. The van der Waals surface area contributed by atoms with E-state index in [4.69, 9.17) is 20.0 Å². The smallest absolute Gasteiger partial charge is 0.161 e. The Morgan fingerprint density at radius 3 is 2.83 bits per heavy atom. The Hall–Kier alpha value is -3.34. The van der Waals surface area contributed by atoms with Crippen LogP contribution in [0, 0.1) is 11.3 Å². The number of nitrogens with zero attached hydrogens (tertiary/aromatic N) is 4. The van der Waals surface area contributed by atoms with Crippen molar-refractivity contribution in [3.05, 3.63) is 70.5 Å².